The number of anilines is 1. The number of nitrogens with one attached hydrogen (secondary N) is 2. The summed E-state index contributed by atoms with van der Waals surface area (Å²) < 4.78 is 0. The van der Waals surface area contributed by atoms with Crippen LogP contribution >= 0.6 is 11.6 Å². The molecule has 1 aromatic heterocycles. The molecule has 1 heterocycles. The SMILES string of the molecule is CNCCN(C)c1cn[nH]c(=O)c1Cl. The van der Waals surface area contributed by atoms with Crippen LogP contribution in [0.4, 0.5) is 5.69 Å². The number of hydrogen-bond donors (Lipinski definition) is 2. The van der Waals surface area contributed by atoms with Crippen molar-refractivity contribution in [1.29, 1.82) is 0 Å². The highest BCUT2D eigenvalue weighted by Crippen LogP contribution is 2.17. The van der Waals surface area contributed by atoms with Gasteiger partial charge in [0, 0.05) is 20.1 Å². The van der Waals surface area contributed by atoms with Crippen LogP contribution in [0.15, 0.2) is 11.0 Å². The molecule has 6 heteroatoms. The first-order valence-corrected chi connectivity index (χ1v) is 4.63. The Bertz CT molecular complexity index is 351. The largest absolute Gasteiger partial charge is 0.371 e. The highest BCUT2D eigenvalue weighted by molar-refractivity contribution is 6.32. The Labute approximate surface area is 87.1 Å². The van der Waals surface area contributed by atoms with E-state index in [1.165, 1.54) is 0 Å². The summed E-state index contributed by atoms with van der Waals surface area (Å²) in [7, 11) is 3.73. The van der Waals surface area contributed by atoms with Crippen molar-refractivity contribution in [2.75, 3.05) is 32.1 Å². The van der Waals surface area contributed by atoms with E-state index in [4.69, 9.17) is 11.6 Å². The molecule has 0 saturated carbocycles. The second-order valence-corrected chi connectivity index (χ2v) is 3.30. The van der Waals surface area contributed by atoms with Crippen LogP contribution in [-0.2, 0) is 0 Å². The van der Waals surface area contributed by atoms with Gasteiger partial charge in [-0.05, 0) is 7.05 Å². The third-order valence-corrected chi connectivity index (χ3v) is 2.25. The molecule has 0 fully saturated rings. The van der Waals surface area contributed by atoms with E-state index in [1.807, 2.05) is 19.0 Å². The van der Waals surface area contributed by atoms with Gasteiger partial charge in [0.05, 0.1) is 11.9 Å². The van der Waals surface area contributed by atoms with Crippen LogP contribution in [-0.4, -0.2) is 37.4 Å². The molecule has 0 amide bonds. The zero-order valence-corrected chi connectivity index (χ0v) is 8.93. The number of aromatic amines is 1. The van der Waals surface area contributed by atoms with Crippen molar-refractivity contribution >= 4 is 17.3 Å². The molecular weight excluding hydrogens is 204 g/mol. The van der Waals surface area contributed by atoms with Crippen molar-refractivity contribution in [3.8, 4) is 0 Å². The molecule has 14 heavy (non-hydrogen) atoms. The molecule has 0 radical (unpaired) electrons. The highest BCUT2D eigenvalue weighted by atomic mass is 35.5. The van der Waals surface area contributed by atoms with Crippen LogP contribution in [0.1, 0.15) is 0 Å². The molecule has 0 atom stereocenters. The van der Waals surface area contributed by atoms with E-state index < -0.39 is 0 Å². The maximum Gasteiger partial charge on any atom is 0.285 e. The lowest BCUT2D eigenvalue weighted by Crippen LogP contribution is -2.28. The molecule has 1 aromatic rings. The summed E-state index contributed by atoms with van der Waals surface area (Å²) in [6, 6.07) is 0. The Balaban J connectivity index is 2.84. The Morgan fingerprint density at radius 1 is 1.71 bits per heavy atom. The number of hydrogen-bond acceptors (Lipinski definition) is 4. The molecule has 78 valence electrons. The number of nitrogens with zero attached hydrogens (tertiary/aromatic N) is 2. The number of aromatic nitrogens is 2. The molecule has 0 bridgehead atoms. The minimum Gasteiger partial charge on any atom is -0.371 e. The Kier molecular flexibility index (Phi) is 3.91. The minimum atomic E-state index is -0.361. The van der Waals surface area contributed by atoms with Gasteiger partial charge in [-0.25, -0.2) is 5.10 Å². The fraction of sp³-hybridized carbons (Fsp3) is 0.500. The third-order valence-electron chi connectivity index (χ3n) is 1.89. The average molecular weight is 217 g/mol. The van der Waals surface area contributed by atoms with Crippen LogP contribution < -0.4 is 15.8 Å². The van der Waals surface area contributed by atoms with E-state index in [-0.39, 0.29) is 10.6 Å². The van der Waals surface area contributed by atoms with Crippen molar-refractivity contribution in [2.24, 2.45) is 0 Å². The molecule has 0 aromatic carbocycles. The van der Waals surface area contributed by atoms with Gasteiger partial charge in [0.15, 0.2) is 0 Å². The van der Waals surface area contributed by atoms with E-state index in [0.717, 1.165) is 13.1 Å². The summed E-state index contributed by atoms with van der Waals surface area (Å²) in [4.78, 5) is 13.0. The van der Waals surface area contributed by atoms with Crippen LogP contribution in [0.3, 0.4) is 0 Å². The smallest absolute Gasteiger partial charge is 0.285 e. The molecule has 0 unspecified atom stereocenters. The van der Waals surface area contributed by atoms with Crippen LogP contribution in [0, 0.1) is 0 Å². The van der Waals surface area contributed by atoms with Crippen LogP contribution in [0.5, 0.6) is 0 Å². The molecule has 5 nitrogen and oxygen atoms in total. The standard InChI is InChI=1S/C8H13ClN4O/c1-10-3-4-13(2)6-5-11-12-8(14)7(6)9/h5,10H,3-4H2,1-2H3,(H,12,14). The van der Waals surface area contributed by atoms with E-state index in [1.54, 1.807) is 6.20 Å². The normalized spacial score (nSPS) is 10.2. The Morgan fingerprint density at radius 2 is 2.43 bits per heavy atom. The Hall–Kier alpha value is -1.07. The van der Waals surface area contributed by atoms with E-state index in [2.05, 4.69) is 15.5 Å². The number of likely N-dealkylation sites (N-methyl/N-ethyl adjacent to an activating group) is 2. The molecule has 0 aliphatic carbocycles. The maximum atomic E-state index is 11.1. The summed E-state index contributed by atoms with van der Waals surface area (Å²) in [6.07, 6.45) is 1.54. The first kappa shape index (κ1) is 11.0. The third kappa shape index (κ3) is 2.46. The molecule has 2 N–H and O–H groups in total. The van der Waals surface area contributed by atoms with Crippen LogP contribution in [0.2, 0.25) is 5.02 Å². The fourth-order valence-corrected chi connectivity index (χ4v) is 1.28. The summed E-state index contributed by atoms with van der Waals surface area (Å²) in [5, 5.41) is 9.15. The van der Waals surface area contributed by atoms with Gasteiger partial charge < -0.3 is 10.2 Å². The monoisotopic (exact) mass is 216 g/mol. The lowest BCUT2D eigenvalue weighted by molar-refractivity contribution is 0.764. The zero-order chi connectivity index (χ0) is 10.6. The Morgan fingerprint density at radius 3 is 3.07 bits per heavy atom. The first-order valence-electron chi connectivity index (χ1n) is 4.25. The van der Waals surface area contributed by atoms with Crippen LogP contribution in [0.25, 0.3) is 0 Å². The van der Waals surface area contributed by atoms with Gasteiger partial charge in [-0.2, -0.15) is 5.10 Å². The average Bonchev–Trinajstić information content (AvgIpc) is 2.18. The second-order valence-electron chi connectivity index (χ2n) is 2.92. The second kappa shape index (κ2) is 4.97. The van der Waals surface area contributed by atoms with Crippen molar-refractivity contribution in [2.45, 2.75) is 0 Å². The van der Waals surface area contributed by atoms with Gasteiger partial charge in [0.25, 0.3) is 5.56 Å². The van der Waals surface area contributed by atoms with E-state index >= 15 is 0 Å². The maximum absolute atomic E-state index is 11.1. The van der Waals surface area contributed by atoms with Gasteiger partial charge in [-0.3, -0.25) is 4.79 Å². The number of halogens is 1. The molecule has 0 aliphatic rings. The van der Waals surface area contributed by atoms with E-state index in [9.17, 15) is 4.79 Å². The van der Waals surface area contributed by atoms with Crippen molar-refractivity contribution in [3.05, 3.63) is 21.6 Å². The predicted molar refractivity (Wildman–Crippen MR) is 57.1 cm³/mol. The van der Waals surface area contributed by atoms with Gasteiger partial charge in [0.1, 0.15) is 5.02 Å². The fourth-order valence-electron chi connectivity index (χ4n) is 1.04. The summed E-state index contributed by atoms with van der Waals surface area (Å²) in [5.74, 6) is 0. The van der Waals surface area contributed by atoms with Crippen molar-refractivity contribution < 1.29 is 0 Å². The lowest BCUT2D eigenvalue weighted by atomic mass is 10.4. The minimum absolute atomic E-state index is 0.179. The lowest BCUT2D eigenvalue weighted by Gasteiger charge is -2.18. The van der Waals surface area contributed by atoms with Gasteiger partial charge in [-0.1, -0.05) is 11.6 Å². The van der Waals surface area contributed by atoms with Gasteiger partial charge in [0.2, 0.25) is 0 Å². The topological polar surface area (TPSA) is 61.0 Å². The number of H-pyrrole nitrogens is 1. The first-order chi connectivity index (χ1) is 6.66. The molecule has 0 spiro atoms. The zero-order valence-electron chi connectivity index (χ0n) is 8.17. The highest BCUT2D eigenvalue weighted by Gasteiger charge is 2.08. The summed E-state index contributed by atoms with van der Waals surface area (Å²) in [6.45, 7) is 1.58. The van der Waals surface area contributed by atoms with E-state index in [0.29, 0.717) is 5.69 Å². The van der Waals surface area contributed by atoms with Crippen molar-refractivity contribution in [3.63, 3.8) is 0 Å². The number of rotatable bonds is 4. The molecule has 0 aliphatic heterocycles. The molecular formula is C8H13ClN4O. The molecule has 1 rings (SSSR count). The molecule has 0 saturated heterocycles. The quantitative estimate of drug-likeness (QED) is 0.749. The van der Waals surface area contributed by atoms with Gasteiger partial charge in [-0.15, -0.1) is 0 Å². The summed E-state index contributed by atoms with van der Waals surface area (Å²) in [5.41, 5.74) is 0.283. The van der Waals surface area contributed by atoms with Crippen molar-refractivity contribution in [1.82, 2.24) is 15.5 Å². The summed E-state index contributed by atoms with van der Waals surface area (Å²) >= 11 is 5.82. The van der Waals surface area contributed by atoms with Gasteiger partial charge >= 0.3 is 0 Å². The predicted octanol–water partition coefficient (Wildman–Crippen LogP) is 0.0789.